The lowest BCUT2D eigenvalue weighted by Crippen LogP contribution is -2.35. The van der Waals surface area contributed by atoms with E-state index < -0.39 is 10.0 Å². The van der Waals surface area contributed by atoms with Crippen molar-refractivity contribution in [1.82, 2.24) is 0 Å². The fraction of sp³-hybridized carbons (Fsp3) is 0.200. The first-order chi connectivity index (χ1) is 9.19. The fourth-order valence-corrected chi connectivity index (χ4v) is 3.97. The quantitative estimate of drug-likeness (QED) is 0.842. The number of rotatable bonds is 2. The van der Waals surface area contributed by atoms with Crippen molar-refractivity contribution in [2.75, 3.05) is 10.8 Å². The highest BCUT2D eigenvalue weighted by atomic mass is 32.2. The Bertz CT molecular complexity index is 680. The van der Waals surface area contributed by atoms with Crippen LogP contribution in [-0.4, -0.2) is 15.0 Å². The van der Waals surface area contributed by atoms with Gasteiger partial charge in [0.15, 0.2) is 0 Å². The Kier molecular flexibility index (Phi) is 3.03. The van der Waals surface area contributed by atoms with Crippen LogP contribution in [-0.2, 0) is 16.4 Å². The Labute approximate surface area is 113 Å². The van der Waals surface area contributed by atoms with Crippen molar-refractivity contribution < 1.29 is 8.42 Å². The van der Waals surface area contributed by atoms with Gasteiger partial charge in [-0.05, 0) is 48.7 Å². The molecule has 2 aromatic rings. The summed E-state index contributed by atoms with van der Waals surface area (Å²) >= 11 is 0. The highest BCUT2D eigenvalue weighted by Gasteiger charge is 2.28. The molecule has 2 aromatic carbocycles. The summed E-state index contributed by atoms with van der Waals surface area (Å²) in [6, 6.07) is 17.1. The van der Waals surface area contributed by atoms with Gasteiger partial charge in [-0.25, -0.2) is 8.42 Å². The van der Waals surface area contributed by atoms with E-state index in [0.29, 0.717) is 11.4 Å². The van der Waals surface area contributed by atoms with Gasteiger partial charge in [-0.1, -0.05) is 24.3 Å². The van der Waals surface area contributed by atoms with E-state index in [1.807, 2.05) is 18.2 Å². The third-order valence-electron chi connectivity index (χ3n) is 3.33. The van der Waals surface area contributed by atoms with E-state index in [1.165, 1.54) is 4.31 Å². The molecular weight excluding hydrogens is 258 g/mol. The SMILES string of the molecule is O=S(=O)(c1ccccc1)N1CCCc2c[c]ccc21. The van der Waals surface area contributed by atoms with Crippen molar-refractivity contribution >= 4 is 15.7 Å². The van der Waals surface area contributed by atoms with Crippen molar-refractivity contribution in [2.45, 2.75) is 17.7 Å². The molecule has 97 valence electrons. The number of fused-ring (bicyclic) bond motifs is 1. The molecule has 0 amide bonds. The molecule has 0 spiro atoms. The van der Waals surface area contributed by atoms with Crippen LogP contribution in [0.1, 0.15) is 12.0 Å². The highest BCUT2D eigenvalue weighted by molar-refractivity contribution is 7.92. The van der Waals surface area contributed by atoms with Crippen molar-refractivity contribution in [3.63, 3.8) is 0 Å². The molecule has 4 heteroatoms. The number of hydrogen-bond acceptors (Lipinski definition) is 2. The van der Waals surface area contributed by atoms with Crippen LogP contribution in [0.15, 0.2) is 53.4 Å². The summed E-state index contributed by atoms with van der Waals surface area (Å²) < 4.78 is 26.8. The topological polar surface area (TPSA) is 37.4 Å². The van der Waals surface area contributed by atoms with Crippen LogP contribution in [0.2, 0.25) is 0 Å². The summed E-state index contributed by atoms with van der Waals surface area (Å²) in [7, 11) is -3.46. The van der Waals surface area contributed by atoms with E-state index in [4.69, 9.17) is 0 Å². The number of sulfonamides is 1. The molecule has 0 saturated carbocycles. The van der Waals surface area contributed by atoms with Crippen molar-refractivity contribution in [1.29, 1.82) is 0 Å². The van der Waals surface area contributed by atoms with Gasteiger partial charge in [0.25, 0.3) is 10.0 Å². The first kappa shape index (κ1) is 12.2. The second kappa shape index (κ2) is 4.70. The molecule has 3 nitrogen and oxygen atoms in total. The molecule has 0 atom stereocenters. The molecule has 1 aliphatic rings. The minimum Gasteiger partial charge on any atom is -0.266 e. The van der Waals surface area contributed by atoms with Gasteiger partial charge in [0.2, 0.25) is 0 Å². The third-order valence-corrected chi connectivity index (χ3v) is 5.16. The lowest BCUT2D eigenvalue weighted by Gasteiger charge is -2.30. The largest absolute Gasteiger partial charge is 0.266 e. The van der Waals surface area contributed by atoms with Gasteiger partial charge in [-0.2, -0.15) is 0 Å². The van der Waals surface area contributed by atoms with Gasteiger partial charge in [-0.3, -0.25) is 4.31 Å². The van der Waals surface area contributed by atoms with Crippen LogP contribution in [0.4, 0.5) is 5.69 Å². The Hall–Kier alpha value is -1.81. The molecule has 0 unspecified atom stereocenters. The van der Waals surface area contributed by atoms with E-state index in [-0.39, 0.29) is 0 Å². The molecule has 0 saturated heterocycles. The van der Waals surface area contributed by atoms with Crippen LogP contribution in [0.25, 0.3) is 0 Å². The predicted octanol–water partition coefficient (Wildman–Crippen LogP) is 2.63. The second-order valence-corrected chi connectivity index (χ2v) is 6.41. The summed E-state index contributed by atoms with van der Waals surface area (Å²) in [6.07, 6.45) is 1.75. The number of benzene rings is 2. The zero-order valence-corrected chi connectivity index (χ0v) is 11.2. The highest BCUT2D eigenvalue weighted by Crippen LogP contribution is 2.31. The van der Waals surface area contributed by atoms with Gasteiger partial charge < -0.3 is 0 Å². The summed E-state index contributed by atoms with van der Waals surface area (Å²) in [5, 5.41) is 0. The number of anilines is 1. The first-order valence-corrected chi connectivity index (χ1v) is 7.70. The zero-order chi connectivity index (χ0) is 13.3. The van der Waals surface area contributed by atoms with E-state index in [0.717, 1.165) is 24.1 Å². The average Bonchev–Trinajstić information content (AvgIpc) is 2.47. The smallest absolute Gasteiger partial charge is 0.264 e. The zero-order valence-electron chi connectivity index (χ0n) is 10.4. The lowest BCUT2D eigenvalue weighted by molar-refractivity contribution is 0.586. The van der Waals surface area contributed by atoms with Crippen LogP contribution in [0, 0.1) is 6.07 Å². The molecule has 0 N–H and O–H groups in total. The average molecular weight is 272 g/mol. The molecule has 1 radical (unpaired) electrons. The first-order valence-electron chi connectivity index (χ1n) is 6.26. The van der Waals surface area contributed by atoms with Crippen molar-refractivity contribution in [3.8, 4) is 0 Å². The number of nitrogens with zero attached hydrogens (tertiary/aromatic N) is 1. The van der Waals surface area contributed by atoms with E-state index in [2.05, 4.69) is 6.07 Å². The Morgan fingerprint density at radius 1 is 1.11 bits per heavy atom. The maximum absolute atomic E-state index is 12.7. The summed E-state index contributed by atoms with van der Waals surface area (Å²) in [5.41, 5.74) is 1.84. The molecule has 0 aliphatic carbocycles. The summed E-state index contributed by atoms with van der Waals surface area (Å²) in [4.78, 5) is 0.343. The van der Waals surface area contributed by atoms with Crippen LogP contribution < -0.4 is 4.31 Å². The van der Waals surface area contributed by atoms with Crippen LogP contribution in [0.3, 0.4) is 0 Å². The standard InChI is InChI=1S/C15H14NO2S/c17-19(18,14-9-2-1-3-10-14)16-12-6-8-13-7-4-5-11-15(13)16/h1-3,5,7,9-11H,6,8,12H2. The fourth-order valence-electron chi connectivity index (χ4n) is 2.40. The molecule has 0 aromatic heterocycles. The van der Waals surface area contributed by atoms with Crippen molar-refractivity contribution in [2.24, 2.45) is 0 Å². The van der Waals surface area contributed by atoms with Crippen molar-refractivity contribution in [3.05, 3.63) is 60.2 Å². The van der Waals surface area contributed by atoms with Gasteiger partial charge in [0.1, 0.15) is 0 Å². The summed E-state index contributed by atoms with van der Waals surface area (Å²) in [6.45, 7) is 0.536. The second-order valence-electron chi connectivity index (χ2n) is 4.55. The minimum atomic E-state index is -3.46. The molecule has 0 bridgehead atoms. The Balaban J connectivity index is 2.09. The van der Waals surface area contributed by atoms with E-state index in [9.17, 15) is 8.42 Å². The number of aryl methyl sites for hydroxylation is 1. The van der Waals surface area contributed by atoms with Gasteiger partial charge in [0, 0.05) is 6.54 Å². The monoisotopic (exact) mass is 272 g/mol. The lowest BCUT2D eigenvalue weighted by atomic mass is 10.0. The Morgan fingerprint density at radius 3 is 2.68 bits per heavy atom. The third kappa shape index (κ3) is 2.12. The molecule has 1 aliphatic heterocycles. The molecule has 0 fully saturated rings. The van der Waals surface area contributed by atoms with Crippen LogP contribution >= 0.6 is 0 Å². The normalized spacial score (nSPS) is 15.1. The minimum absolute atomic E-state index is 0.343. The Morgan fingerprint density at radius 2 is 1.89 bits per heavy atom. The van der Waals surface area contributed by atoms with Gasteiger partial charge in [0.05, 0.1) is 10.6 Å². The van der Waals surface area contributed by atoms with Crippen LogP contribution in [0.5, 0.6) is 0 Å². The van der Waals surface area contributed by atoms with Gasteiger partial charge >= 0.3 is 0 Å². The molecule has 19 heavy (non-hydrogen) atoms. The molecule has 1 heterocycles. The maximum atomic E-state index is 12.7. The van der Waals surface area contributed by atoms with E-state index >= 15 is 0 Å². The molecule has 3 rings (SSSR count). The molecular formula is C15H14NO2S. The maximum Gasteiger partial charge on any atom is 0.264 e. The summed E-state index contributed by atoms with van der Waals surface area (Å²) in [5.74, 6) is 0. The van der Waals surface area contributed by atoms with E-state index in [1.54, 1.807) is 30.3 Å². The number of hydrogen-bond donors (Lipinski definition) is 0. The van der Waals surface area contributed by atoms with Gasteiger partial charge in [-0.15, -0.1) is 0 Å². The predicted molar refractivity (Wildman–Crippen MR) is 74.6 cm³/mol.